The molecule has 15 heteroatoms. The number of hydrazone groups is 1. The highest BCUT2D eigenvalue weighted by Gasteiger charge is 2.32. The highest BCUT2D eigenvalue weighted by atomic mass is 19.4. The van der Waals surface area contributed by atoms with Crippen LogP contribution in [-0.4, -0.2) is 66.9 Å². The maximum absolute atomic E-state index is 13.7. The van der Waals surface area contributed by atoms with E-state index in [2.05, 4.69) is 59.3 Å². The number of hydrogen-bond acceptors (Lipinski definition) is 10. The number of carbonyl (C=O) groups excluding carboxylic acids is 1. The fourth-order valence-electron chi connectivity index (χ4n) is 4.27. The Kier molecular flexibility index (Phi) is 9.85. The molecule has 6 N–H and O–H groups in total. The number of rotatable bonds is 11. The number of likely N-dealkylation sites (N-methyl/N-ethyl adjacent to an activating group) is 1. The number of hydrogen-bond donors (Lipinski definition) is 6. The van der Waals surface area contributed by atoms with Crippen molar-refractivity contribution in [3.05, 3.63) is 65.5 Å². The number of piperazine rings is 1. The van der Waals surface area contributed by atoms with Gasteiger partial charge in [-0.25, -0.2) is 15.5 Å². The molecule has 1 fully saturated rings. The lowest BCUT2D eigenvalue weighted by molar-refractivity contribution is -0.137. The van der Waals surface area contributed by atoms with Gasteiger partial charge in [-0.15, -0.1) is 5.10 Å². The Bertz CT molecular complexity index is 1390. The third kappa shape index (κ3) is 8.13. The van der Waals surface area contributed by atoms with Gasteiger partial charge in [0.05, 0.1) is 11.3 Å². The first-order valence-electron chi connectivity index (χ1n) is 13.3. The maximum atomic E-state index is 13.7. The van der Waals surface area contributed by atoms with E-state index in [-0.39, 0.29) is 5.56 Å². The largest absolute Gasteiger partial charge is 0.416 e. The predicted octanol–water partition coefficient (Wildman–Crippen LogP) is 3.72. The maximum Gasteiger partial charge on any atom is 0.416 e. The fourth-order valence-corrected chi connectivity index (χ4v) is 4.27. The van der Waals surface area contributed by atoms with Gasteiger partial charge in [-0.05, 0) is 49.4 Å². The summed E-state index contributed by atoms with van der Waals surface area (Å²) in [5.74, 6) is 0.532. The lowest BCUT2D eigenvalue weighted by Crippen LogP contribution is -2.46. The molecule has 1 aliphatic rings. The van der Waals surface area contributed by atoms with E-state index >= 15 is 0 Å². The zero-order valence-electron chi connectivity index (χ0n) is 23.5. The summed E-state index contributed by atoms with van der Waals surface area (Å²) in [6.45, 7) is 7.45. The first-order valence-corrected chi connectivity index (χ1v) is 13.3. The van der Waals surface area contributed by atoms with Crippen molar-refractivity contribution in [1.82, 2.24) is 25.8 Å². The van der Waals surface area contributed by atoms with E-state index in [1.54, 1.807) is 31.3 Å². The molecule has 0 spiro atoms. The Morgan fingerprint density at radius 3 is 2.50 bits per heavy atom. The molecular formula is C27H34F3N11O. The molecule has 1 saturated heterocycles. The third-order valence-corrected chi connectivity index (χ3v) is 6.70. The first kappa shape index (κ1) is 30.2. The summed E-state index contributed by atoms with van der Waals surface area (Å²) >= 11 is 0. The molecule has 1 aromatic heterocycles. The Labute approximate surface area is 241 Å². The smallest absolute Gasteiger partial charge is 0.373 e. The van der Waals surface area contributed by atoms with Crippen LogP contribution in [0.15, 0.2) is 53.9 Å². The van der Waals surface area contributed by atoms with E-state index in [0.717, 1.165) is 37.3 Å². The second kappa shape index (κ2) is 13.7. The van der Waals surface area contributed by atoms with Crippen molar-refractivity contribution in [2.24, 2.45) is 5.10 Å². The van der Waals surface area contributed by atoms with Gasteiger partial charge in [0, 0.05) is 56.2 Å². The van der Waals surface area contributed by atoms with Crippen molar-refractivity contribution in [3.63, 3.8) is 0 Å². The molecule has 4 rings (SSSR count). The molecule has 0 radical (unpaired) electrons. The Morgan fingerprint density at radius 2 is 1.79 bits per heavy atom. The number of nitrogens with one attached hydrogen (secondary N) is 6. The lowest BCUT2D eigenvalue weighted by Gasteiger charge is -2.36. The summed E-state index contributed by atoms with van der Waals surface area (Å²) in [6, 6.07) is 10.3. The van der Waals surface area contributed by atoms with E-state index in [1.807, 2.05) is 11.8 Å². The van der Waals surface area contributed by atoms with Crippen molar-refractivity contribution in [3.8, 4) is 0 Å². The second-order valence-electron chi connectivity index (χ2n) is 9.47. The van der Waals surface area contributed by atoms with Crippen LogP contribution >= 0.6 is 0 Å². The van der Waals surface area contributed by atoms with Crippen molar-refractivity contribution >= 4 is 40.9 Å². The van der Waals surface area contributed by atoms with Crippen LogP contribution in [0, 0.1) is 6.92 Å². The number of halogens is 3. The van der Waals surface area contributed by atoms with Crippen LogP contribution in [0.3, 0.4) is 0 Å². The summed E-state index contributed by atoms with van der Waals surface area (Å²) in [5, 5.41) is 9.60. The van der Waals surface area contributed by atoms with Crippen molar-refractivity contribution in [2.75, 3.05) is 66.2 Å². The molecule has 0 atom stereocenters. The fraction of sp³-hybridized carbons (Fsp3) is 0.333. The standard InChI is InChI=1S/C27H34F3N11O/c1-4-40-7-9-41(10-8-40)22-12-19(11-20(13-22)27(28,29)30)26(42)36-21-6-5-18(2)23(14-21)37-39-35-17-34-38-25-15-24(31-3)32-16-33-25/h5-6,11-17,37,39H,4,7-10H2,1-3H3,(H,34,35)(H,36,42)(H2,31,32,33,38). The van der Waals surface area contributed by atoms with Crippen LogP contribution in [0.2, 0.25) is 0 Å². The molecule has 0 aliphatic carbocycles. The molecule has 2 aromatic carbocycles. The number of aryl methyl sites for hydroxylation is 1. The Morgan fingerprint density at radius 1 is 1.02 bits per heavy atom. The number of carbonyl (C=O) groups is 1. The van der Waals surface area contributed by atoms with Crippen molar-refractivity contribution < 1.29 is 18.0 Å². The molecular weight excluding hydrogens is 551 g/mol. The van der Waals surface area contributed by atoms with Gasteiger partial charge >= 0.3 is 6.18 Å². The van der Waals surface area contributed by atoms with Gasteiger partial charge in [-0.2, -0.15) is 13.2 Å². The van der Waals surface area contributed by atoms with Gasteiger partial charge in [0.1, 0.15) is 24.3 Å². The zero-order valence-corrected chi connectivity index (χ0v) is 23.5. The van der Waals surface area contributed by atoms with E-state index in [4.69, 9.17) is 0 Å². The van der Waals surface area contributed by atoms with Gasteiger partial charge in [0.2, 0.25) is 0 Å². The van der Waals surface area contributed by atoms with Crippen LogP contribution in [0.1, 0.15) is 28.4 Å². The van der Waals surface area contributed by atoms with E-state index in [1.165, 1.54) is 18.7 Å². The van der Waals surface area contributed by atoms with Crippen molar-refractivity contribution in [1.29, 1.82) is 0 Å². The van der Waals surface area contributed by atoms with Crippen LogP contribution < -0.4 is 37.3 Å². The summed E-state index contributed by atoms with van der Waals surface area (Å²) in [7, 11) is 1.75. The molecule has 3 aromatic rings. The summed E-state index contributed by atoms with van der Waals surface area (Å²) < 4.78 is 41.2. The van der Waals surface area contributed by atoms with Crippen LogP contribution in [0.4, 0.5) is 41.9 Å². The second-order valence-corrected chi connectivity index (χ2v) is 9.47. The number of alkyl halides is 3. The molecule has 0 bridgehead atoms. The zero-order chi connectivity index (χ0) is 30.1. The summed E-state index contributed by atoms with van der Waals surface area (Å²) in [5.41, 5.74) is 12.5. The number of benzene rings is 2. The van der Waals surface area contributed by atoms with Gasteiger partial charge in [0.15, 0.2) is 0 Å². The van der Waals surface area contributed by atoms with E-state index in [0.29, 0.717) is 41.8 Å². The number of anilines is 5. The average molecular weight is 586 g/mol. The van der Waals surface area contributed by atoms with Crippen LogP contribution in [0.5, 0.6) is 0 Å². The number of nitrogens with zero attached hydrogens (tertiary/aromatic N) is 5. The summed E-state index contributed by atoms with van der Waals surface area (Å²) in [4.78, 5) is 25.3. The topological polar surface area (TPSA) is 134 Å². The molecule has 0 saturated carbocycles. The van der Waals surface area contributed by atoms with Gasteiger partial charge in [-0.1, -0.05) is 13.0 Å². The van der Waals surface area contributed by atoms with Crippen LogP contribution in [-0.2, 0) is 6.18 Å². The first-order chi connectivity index (χ1) is 20.2. The lowest BCUT2D eigenvalue weighted by atomic mass is 10.1. The van der Waals surface area contributed by atoms with E-state index in [9.17, 15) is 18.0 Å². The Hall–Kier alpha value is -4.79. The molecule has 42 heavy (non-hydrogen) atoms. The minimum Gasteiger partial charge on any atom is -0.373 e. The molecule has 12 nitrogen and oxygen atoms in total. The molecule has 2 heterocycles. The SMILES string of the molecule is CCN1CCN(c2cc(C(=O)Nc3ccc(C)c(NN/N=C\NNc4cc(NC)ncn4)c3)cc(C(F)(F)F)c2)CC1. The van der Waals surface area contributed by atoms with E-state index < -0.39 is 17.6 Å². The predicted molar refractivity (Wildman–Crippen MR) is 158 cm³/mol. The average Bonchev–Trinajstić information content (AvgIpc) is 2.99. The number of aromatic nitrogens is 2. The summed E-state index contributed by atoms with van der Waals surface area (Å²) in [6.07, 6.45) is -1.83. The minimum atomic E-state index is -4.59. The van der Waals surface area contributed by atoms with Gasteiger partial charge in [0.25, 0.3) is 5.91 Å². The minimum absolute atomic E-state index is 0.0698. The quantitative estimate of drug-likeness (QED) is 0.112. The molecule has 0 unspecified atom stereocenters. The number of hydrazine groups is 2. The van der Waals surface area contributed by atoms with Crippen molar-refractivity contribution in [2.45, 2.75) is 20.0 Å². The highest BCUT2D eigenvalue weighted by Crippen LogP contribution is 2.34. The highest BCUT2D eigenvalue weighted by molar-refractivity contribution is 6.05. The molecule has 1 aliphatic heterocycles. The van der Waals surface area contributed by atoms with Crippen LogP contribution in [0.25, 0.3) is 0 Å². The number of amides is 1. The third-order valence-electron chi connectivity index (χ3n) is 6.70. The normalized spacial score (nSPS) is 14.0. The van der Waals surface area contributed by atoms with Gasteiger partial charge in [-0.3, -0.25) is 21.1 Å². The molecule has 224 valence electrons. The Balaban J connectivity index is 1.39. The van der Waals surface area contributed by atoms with Gasteiger partial charge < -0.3 is 20.4 Å². The molecule has 1 amide bonds. The monoisotopic (exact) mass is 585 g/mol.